The van der Waals surface area contributed by atoms with Crippen molar-refractivity contribution in [1.29, 1.82) is 0 Å². The highest BCUT2D eigenvalue weighted by molar-refractivity contribution is 5.29. The number of ether oxygens (including phenoxy) is 2. The molecule has 1 heterocycles. The molecular formula is C15H18FN3O2. The first-order valence-corrected chi connectivity index (χ1v) is 6.75. The summed E-state index contributed by atoms with van der Waals surface area (Å²) in [5.74, 6) is 0.492. The normalized spacial score (nSPS) is 10.2. The Kier molecular flexibility index (Phi) is 5.31. The minimum Gasteiger partial charge on any atom is -0.497 e. The molecule has 1 N–H and O–H groups in total. The Balaban J connectivity index is 2.00. The molecule has 0 radical (unpaired) electrons. The quantitative estimate of drug-likeness (QED) is 0.849. The first-order chi connectivity index (χ1) is 10.2. The third kappa shape index (κ3) is 4.30. The van der Waals surface area contributed by atoms with Gasteiger partial charge in [0.25, 0.3) is 5.88 Å². The number of aromatic nitrogens is 2. The van der Waals surface area contributed by atoms with E-state index in [2.05, 4.69) is 15.3 Å². The van der Waals surface area contributed by atoms with Crippen LogP contribution in [-0.2, 0) is 6.61 Å². The monoisotopic (exact) mass is 291 g/mol. The molecule has 0 aliphatic carbocycles. The van der Waals surface area contributed by atoms with Gasteiger partial charge in [0.2, 0.25) is 11.8 Å². The van der Waals surface area contributed by atoms with E-state index in [0.29, 0.717) is 5.95 Å². The van der Waals surface area contributed by atoms with Gasteiger partial charge in [-0.1, -0.05) is 19.1 Å². The van der Waals surface area contributed by atoms with Crippen molar-refractivity contribution in [2.45, 2.75) is 20.0 Å². The van der Waals surface area contributed by atoms with Crippen LogP contribution < -0.4 is 14.8 Å². The Morgan fingerprint density at radius 3 is 2.67 bits per heavy atom. The van der Waals surface area contributed by atoms with Crippen LogP contribution in [0, 0.1) is 5.82 Å². The van der Waals surface area contributed by atoms with Crippen molar-refractivity contribution < 1.29 is 13.9 Å². The average Bonchev–Trinajstić information content (AvgIpc) is 2.53. The van der Waals surface area contributed by atoms with Crippen LogP contribution in [0.3, 0.4) is 0 Å². The van der Waals surface area contributed by atoms with Crippen molar-refractivity contribution in [3.63, 3.8) is 0 Å². The van der Waals surface area contributed by atoms with Crippen molar-refractivity contribution in [1.82, 2.24) is 9.97 Å². The molecule has 0 bridgehead atoms. The molecule has 1 aromatic heterocycles. The van der Waals surface area contributed by atoms with Gasteiger partial charge in [0.1, 0.15) is 12.4 Å². The van der Waals surface area contributed by atoms with Crippen LogP contribution in [0.1, 0.15) is 18.9 Å². The summed E-state index contributed by atoms with van der Waals surface area (Å²) < 4.78 is 24.1. The molecule has 0 fully saturated rings. The largest absolute Gasteiger partial charge is 0.497 e. The molecule has 5 nitrogen and oxygen atoms in total. The van der Waals surface area contributed by atoms with Gasteiger partial charge in [-0.15, -0.1) is 0 Å². The van der Waals surface area contributed by atoms with Crippen molar-refractivity contribution in [3.8, 4) is 11.6 Å². The molecule has 0 atom stereocenters. The van der Waals surface area contributed by atoms with E-state index in [-0.39, 0.29) is 12.5 Å². The Hall–Kier alpha value is -2.37. The van der Waals surface area contributed by atoms with Crippen LogP contribution in [0.25, 0.3) is 0 Å². The molecule has 112 valence electrons. The van der Waals surface area contributed by atoms with Gasteiger partial charge in [0.05, 0.1) is 13.3 Å². The Morgan fingerprint density at radius 2 is 2.00 bits per heavy atom. The summed E-state index contributed by atoms with van der Waals surface area (Å²) in [6.45, 7) is 2.98. The molecule has 2 rings (SSSR count). The summed E-state index contributed by atoms with van der Waals surface area (Å²) in [6.07, 6.45) is 2.04. The lowest BCUT2D eigenvalue weighted by atomic mass is 10.2. The number of hydrogen-bond acceptors (Lipinski definition) is 5. The summed E-state index contributed by atoms with van der Waals surface area (Å²) in [7, 11) is 1.60. The number of methoxy groups -OCH3 is 1. The van der Waals surface area contributed by atoms with Crippen LogP contribution in [0.5, 0.6) is 11.6 Å². The topological polar surface area (TPSA) is 56.3 Å². The molecule has 0 saturated heterocycles. The van der Waals surface area contributed by atoms with Crippen molar-refractivity contribution in [2.75, 3.05) is 19.0 Å². The highest BCUT2D eigenvalue weighted by Gasteiger charge is 2.08. The second-order valence-electron chi connectivity index (χ2n) is 4.41. The van der Waals surface area contributed by atoms with Gasteiger partial charge in [-0.3, -0.25) is 0 Å². The summed E-state index contributed by atoms with van der Waals surface area (Å²) in [5.41, 5.74) is 0.900. The van der Waals surface area contributed by atoms with E-state index in [1.807, 2.05) is 31.2 Å². The smallest absolute Gasteiger partial charge is 0.255 e. The van der Waals surface area contributed by atoms with Crippen LogP contribution in [0.15, 0.2) is 30.5 Å². The van der Waals surface area contributed by atoms with Crippen LogP contribution in [-0.4, -0.2) is 23.6 Å². The van der Waals surface area contributed by atoms with Crippen LogP contribution in [0.4, 0.5) is 10.3 Å². The number of nitrogens with one attached hydrogen (secondary N) is 1. The maximum absolute atomic E-state index is 13.6. The molecular weight excluding hydrogens is 273 g/mol. The molecule has 0 aliphatic rings. The first-order valence-electron chi connectivity index (χ1n) is 6.75. The van der Waals surface area contributed by atoms with E-state index in [1.54, 1.807) is 7.11 Å². The van der Waals surface area contributed by atoms with Crippen LogP contribution in [0.2, 0.25) is 0 Å². The molecule has 0 unspecified atom stereocenters. The Morgan fingerprint density at radius 1 is 1.24 bits per heavy atom. The highest BCUT2D eigenvalue weighted by Crippen LogP contribution is 2.17. The van der Waals surface area contributed by atoms with Crippen molar-refractivity contribution >= 4 is 5.95 Å². The number of rotatable bonds is 7. The van der Waals surface area contributed by atoms with E-state index in [0.717, 1.165) is 30.5 Å². The van der Waals surface area contributed by atoms with Gasteiger partial charge < -0.3 is 14.8 Å². The van der Waals surface area contributed by atoms with Gasteiger partial charge >= 0.3 is 0 Å². The molecule has 0 saturated carbocycles. The lowest BCUT2D eigenvalue weighted by Gasteiger charge is -2.09. The van der Waals surface area contributed by atoms with E-state index in [9.17, 15) is 4.39 Å². The summed E-state index contributed by atoms with van der Waals surface area (Å²) in [5, 5.41) is 2.99. The van der Waals surface area contributed by atoms with Gasteiger partial charge in [-0.2, -0.15) is 9.37 Å². The highest BCUT2D eigenvalue weighted by atomic mass is 19.1. The zero-order valence-electron chi connectivity index (χ0n) is 12.1. The second kappa shape index (κ2) is 7.42. The molecule has 0 amide bonds. The third-order valence-corrected chi connectivity index (χ3v) is 2.78. The number of anilines is 1. The van der Waals surface area contributed by atoms with Gasteiger partial charge in [-0.25, -0.2) is 4.98 Å². The van der Waals surface area contributed by atoms with E-state index < -0.39 is 5.82 Å². The van der Waals surface area contributed by atoms with Gasteiger partial charge in [-0.05, 0) is 24.1 Å². The SMILES string of the molecule is CCCNc1ncc(F)c(OCc2ccc(OC)cc2)n1. The molecule has 0 spiro atoms. The fraction of sp³-hybridized carbons (Fsp3) is 0.333. The third-order valence-electron chi connectivity index (χ3n) is 2.78. The predicted molar refractivity (Wildman–Crippen MR) is 78.1 cm³/mol. The molecule has 2 aromatic rings. The van der Waals surface area contributed by atoms with Gasteiger partial charge in [0, 0.05) is 6.54 Å². The lowest BCUT2D eigenvalue weighted by Crippen LogP contribution is -2.07. The summed E-state index contributed by atoms with van der Waals surface area (Å²) >= 11 is 0. The minimum absolute atomic E-state index is 0.0561. The van der Waals surface area contributed by atoms with E-state index in [4.69, 9.17) is 9.47 Å². The van der Waals surface area contributed by atoms with Crippen molar-refractivity contribution in [2.24, 2.45) is 0 Å². The predicted octanol–water partition coefficient (Wildman–Crippen LogP) is 3.03. The molecule has 6 heteroatoms. The van der Waals surface area contributed by atoms with Crippen molar-refractivity contribution in [3.05, 3.63) is 41.8 Å². The van der Waals surface area contributed by atoms with Gasteiger partial charge in [0.15, 0.2) is 0 Å². The average molecular weight is 291 g/mol. The maximum atomic E-state index is 13.6. The maximum Gasteiger partial charge on any atom is 0.255 e. The standard InChI is InChI=1S/C15H18FN3O2/c1-3-8-17-15-18-9-13(16)14(19-15)21-10-11-4-6-12(20-2)7-5-11/h4-7,9H,3,8,10H2,1-2H3,(H,17,18,19). The molecule has 21 heavy (non-hydrogen) atoms. The number of halogens is 1. The Bertz CT molecular complexity index is 576. The fourth-order valence-corrected chi connectivity index (χ4v) is 1.65. The number of hydrogen-bond donors (Lipinski definition) is 1. The fourth-order valence-electron chi connectivity index (χ4n) is 1.65. The molecule has 1 aromatic carbocycles. The van der Waals surface area contributed by atoms with Crippen LogP contribution >= 0.6 is 0 Å². The zero-order chi connectivity index (χ0) is 15.1. The summed E-state index contributed by atoms with van der Waals surface area (Å²) in [6, 6.07) is 7.36. The minimum atomic E-state index is -0.578. The lowest BCUT2D eigenvalue weighted by molar-refractivity contribution is 0.276. The summed E-state index contributed by atoms with van der Waals surface area (Å²) in [4.78, 5) is 7.87. The van der Waals surface area contributed by atoms with E-state index >= 15 is 0 Å². The first kappa shape index (κ1) is 15.0. The Labute approximate surface area is 123 Å². The second-order valence-corrected chi connectivity index (χ2v) is 4.41. The number of benzene rings is 1. The zero-order valence-corrected chi connectivity index (χ0v) is 12.1. The number of nitrogens with zero attached hydrogens (tertiary/aromatic N) is 2. The molecule has 0 aliphatic heterocycles. The van der Waals surface area contributed by atoms with E-state index in [1.165, 1.54) is 0 Å².